The Morgan fingerprint density at radius 1 is 0.923 bits per heavy atom. The van der Waals surface area contributed by atoms with E-state index in [1.165, 1.54) is 6.08 Å². The van der Waals surface area contributed by atoms with Gasteiger partial charge in [-0.25, -0.2) is 0 Å². The lowest BCUT2D eigenvalue weighted by Crippen LogP contribution is -2.28. The van der Waals surface area contributed by atoms with Crippen molar-refractivity contribution in [2.24, 2.45) is 0 Å². The lowest BCUT2D eigenvalue weighted by molar-refractivity contribution is -0.104. The van der Waals surface area contributed by atoms with Gasteiger partial charge in [0.15, 0.2) is 0 Å². The number of allylic oxidation sites excluding steroid dienone is 1. The van der Waals surface area contributed by atoms with E-state index in [0.717, 1.165) is 5.56 Å². The standard InChI is InChI=1S/C21H22N2O3/c1-2-22-20(25)19-12-6-4-9-17(19)13-14-23-21(26)18-11-5-3-8-16(18)10-7-15-24/h3-12,15H,2,13-14H2,1H3,(H,22,25)(H,23,26)/b10-7+. The Kier molecular flexibility index (Phi) is 7.31. The van der Waals surface area contributed by atoms with Crippen molar-refractivity contribution in [2.75, 3.05) is 13.1 Å². The molecule has 0 unspecified atom stereocenters. The molecule has 2 amide bonds. The quantitative estimate of drug-likeness (QED) is 0.568. The Labute approximate surface area is 153 Å². The molecule has 2 aromatic carbocycles. The van der Waals surface area contributed by atoms with Gasteiger partial charge < -0.3 is 10.6 Å². The van der Waals surface area contributed by atoms with Crippen LogP contribution < -0.4 is 10.6 Å². The topological polar surface area (TPSA) is 75.3 Å². The van der Waals surface area contributed by atoms with E-state index in [0.29, 0.717) is 42.5 Å². The largest absolute Gasteiger partial charge is 0.352 e. The number of hydrogen-bond donors (Lipinski definition) is 2. The molecule has 0 saturated heterocycles. The second kappa shape index (κ2) is 9.93. The molecule has 0 radical (unpaired) electrons. The van der Waals surface area contributed by atoms with Gasteiger partial charge in [0.1, 0.15) is 6.29 Å². The number of carbonyl (C=O) groups is 3. The number of rotatable bonds is 8. The summed E-state index contributed by atoms with van der Waals surface area (Å²) in [6, 6.07) is 14.4. The smallest absolute Gasteiger partial charge is 0.251 e. The molecule has 0 aliphatic heterocycles. The fourth-order valence-corrected chi connectivity index (χ4v) is 2.61. The third-order valence-corrected chi connectivity index (χ3v) is 3.84. The molecule has 0 aliphatic rings. The molecule has 134 valence electrons. The molecule has 2 N–H and O–H groups in total. The maximum Gasteiger partial charge on any atom is 0.251 e. The average Bonchev–Trinajstić information content (AvgIpc) is 2.67. The van der Waals surface area contributed by atoms with Gasteiger partial charge in [-0.15, -0.1) is 0 Å². The first kappa shape index (κ1) is 19.1. The predicted octanol–water partition coefficient (Wildman–Crippen LogP) is 2.62. The number of amides is 2. The summed E-state index contributed by atoms with van der Waals surface area (Å²) in [4.78, 5) is 35.0. The van der Waals surface area contributed by atoms with Crippen LogP contribution in [0.15, 0.2) is 54.6 Å². The highest BCUT2D eigenvalue weighted by Crippen LogP contribution is 2.12. The Bertz CT molecular complexity index is 812. The lowest BCUT2D eigenvalue weighted by Gasteiger charge is -2.11. The van der Waals surface area contributed by atoms with Gasteiger partial charge in [0.25, 0.3) is 11.8 Å². The van der Waals surface area contributed by atoms with Crippen molar-refractivity contribution >= 4 is 24.2 Å². The van der Waals surface area contributed by atoms with E-state index in [2.05, 4.69) is 10.6 Å². The zero-order valence-corrected chi connectivity index (χ0v) is 14.7. The minimum atomic E-state index is -0.216. The molecule has 2 aromatic rings. The van der Waals surface area contributed by atoms with Crippen LogP contribution >= 0.6 is 0 Å². The third-order valence-electron chi connectivity index (χ3n) is 3.84. The van der Waals surface area contributed by atoms with Crippen molar-refractivity contribution in [3.63, 3.8) is 0 Å². The molecule has 0 heterocycles. The lowest BCUT2D eigenvalue weighted by atomic mass is 10.0. The summed E-state index contributed by atoms with van der Waals surface area (Å²) < 4.78 is 0. The van der Waals surface area contributed by atoms with Crippen molar-refractivity contribution < 1.29 is 14.4 Å². The normalized spacial score (nSPS) is 10.5. The van der Waals surface area contributed by atoms with Crippen LogP contribution in [0.25, 0.3) is 6.08 Å². The molecule has 0 fully saturated rings. The Balaban J connectivity index is 2.03. The summed E-state index contributed by atoms with van der Waals surface area (Å²) in [5, 5.41) is 5.66. The molecule has 0 aromatic heterocycles. The summed E-state index contributed by atoms with van der Waals surface area (Å²) in [6.07, 6.45) is 4.18. The summed E-state index contributed by atoms with van der Waals surface area (Å²) in [5.41, 5.74) is 2.69. The number of hydrogen-bond acceptors (Lipinski definition) is 3. The Morgan fingerprint density at radius 2 is 1.58 bits per heavy atom. The molecule has 0 aliphatic carbocycles. The molecular formula is C21H22N2O3. The minimum absolute atomic E-state index is 0.112. The van der Waals surface area contributed by atoms with Crippen LogP contribution in [0.1, 0.15) is 38.8 Å². The first-order valence-corrected chi connectivity index (χ1v) is 8.52. The van der Waals surface area contributed by atoms with E-state index in [1.54, 1.807) is 30.3 Å². The fraction of sp³-hybridized carbons (Fsp3) is 0.190. The van der Waals surface area contributed by atoms with Crippen LogP contribution in [0.4, 0.5) is 0 Å². The average molecular weight is 350 g/mol. The predicted molar refractivity (Wildman–Crippen MR) is 102 cm³/mol. The highest BCUT2D eigenvalue weighted by molar-refractivity contribution is 5.98. The van der Waals surface area contributed by atoms with E-state index in [-0.39, 0.29) is 11.8 Å². The van der Waals surface area contributed by atoms with E-state index in [1.807, 2.05) is 31.2 Å². The number of aldehydes is 1. The molecule has 2 rings (SSSR count). The van der Waals surface area contributed by atoms with Gasteiger partial charge >= 0.3 is 0 Å². The second-order valence-corrected chi connectivity index (χ2v) is 5.60. The molecule has 0 spiro atoms. The van der Waals surface area contributed by atoms with E-state index in [4.69, 9.17) is 0 Å². The van der Waals surface area contributed by atoms with E-state index in [9.17, 15) is 14.4 Å². The van der Waals surface area contributed by atoms with Gasteiger partial charge in [0.2, 0.25) is 0 Å². The van der Waals surface area contributed by atoms with E-state index < -0.39 is 0 Å². The maximum absolute atomic E-state index is 12.4. The third kappa shape index (κ3) is 5.14. The van der Waals surface area contributed by atoms with Crippen molar-refractivity contribution in [1.82, 2.24) is 10.6 Å². The van der Waals surface area contributed by atoms with Crippen LogP contribution in [0.3, 0.4) is 0 Å². The molecular weight excluding hydrogens is 328 g/mol. The zero-order chi connectivity index (χ0) is 18.8. The first-order chi connectivity index (χ1) is 12.7. The monoisotopic (exact) mass is 350 g/mol. The molecule has 5 heteroatoms. The molecule has 26 heavy (non-hydrogen) atoms. The number of benzene rings is 2. The van der Waals surface area contributed by atoms with E-state index >= 15 is 0 Å². The summed E-state index contributed by atoms with van der Waals surface area (Å²) in [7, 11) is 0. The van der Waals surface area contributed by atoms with Crippen LogP contribution in [0, 0.1) is 0 Å². The molecule has 0 atom stereocenters. The van der Waals surface area contributed by atoms with Gasteiger partial charge in [-0.2, -0.15) is 0 Å². The highest BCUT2D eigenvalue weighted by Gasteiger charge is 2.11. The van der Waals surface area contributed by atoms with Gasteiger partial charge in [-0.05, 0) is 42.7 Å². The van der Waals surface area contributed by atoms with Gasteiger partial charge in [-0.1, -0.05) is 42.5 Å². The van der Waals surface area contributed by atoms with Gasteiger partial charge in [0.05, 0.1) is 0 Å². The highest BCUT2D eigenvalue weighted by atomic mass is 16.2. The van der Waals surface area contributed by atoms with Crippen LogP contribution in [0.5, 0.6) is 0 Å². The summed E-state index contributed by atoms with van der Waals surface area (Å²) in [6.45, 7) is 2.84. The zero-order valence-electron chi connectivity index (χ0n) is 14.7. The molecule has 0 bridgehead atoms. The Hall–Kier alpha value is -3.21. The maximum atomic E-state index is 12.4. The van der Waals surface area contributed by atoms with Crippen LogP contribution in [0.2, 0.25) is 0 Å². The van der Waals surface area contributed by atoms with Crippen molar-refractivity contribution in [2.45, 2.75) is 13.3 Å². The Morgan fingerprint density at radius 3 is 2.31 bits per heavy atom. The summed E-state index contributed by atoms with van der Waals surface area (Å²) >= 11 is 0. The van der Waals surface area contributed by atoms with Crippen molar-refractivity contribution in [3.05, 3.63) is 76.9 Å². The SMILES string of the molecule is CCNC(=O)c1ccccc1CCNC(=O)c1ccccc1/C=C/C=O. The first-order valence-electron chi connectivity index (χ1n) is 8.52. The molecule has 0 saturated carbocycles. The fourth-order valence-electron chi connectivity index (χ4n) is 2.61. The summed E-state index contributed by atoms with van der Waals surface area (Å²) in [5.74, 6) is -0.328. The van der Waals surface area contributed by atoms with Crippen molar-refractivity contribution in [3.8, 4) is 0 Å². The van der Waals surface area contributed by atoms with Gasteiger partial charge in [0, 0.05) is 24.2 Å². The number of carbonyl (C=O) groups excluding carboxylic acids is 3. The van der Waals surface area contributed by atoms with Crippen molar-refractivity contribution in [1.29, 1.82) is 0 Å². The van der Waals surface area contributed by atoms with Gasteiger partial charge in [-0.3, -0.25) is 14.4 Å². The second-order valence-electron chi connectivity index (χ2n) is 5.60. The number of nitrogens with one attached hydrogen (secondary N) is 2. The molecule has 5 nitrogen and oxygen atoms in total. The minimum Gasteiger partial charge on any atom is -0.352 e. The van der Waals surface area contributed by atoms with Crippen LogP contribution in [-0.2, 0) is 11.2 Å². The van der Waals surface area contributed by atoms with Crippen LogP contribution in [-0.4, -0.2) is 31.2 Å².